The van der Waals surface area contributed by atoms with Crippen molar-refractivity contribution in [1.29, 1.82) is 0 Å². The molecule has 6 heteroatoms. The number of aromatic nitrogens is 4. The van der Waals surface area contributed by atoms with Crippen molar-refractivity contribution in [3.8, 4) is 22.6 Å². The van der Waals surface area contributed by atoms with Gasteiger partial charge in [0.2, 0.25) is 5.95 Å². The van der Waals surface area contributed by atoms with Crippen molar-refractivity contribution in [3.63, 3.8) is 0 Å². The minimum absolute atomic E-state index is 0.543. The lowest BCUT2D eigenvalue weighted by molar-refractivity contribution is 0.441. The number of anilines is 2. The number of pyridine rings is 1. The number of rotatable bonds is 4. The van der Waals surface area contributed by atoms with Crippen LogP contribution in [0.15, 0.2) is 89.8 Å². The van der Waals surface area contributed by atoms with Crippen LogP contribution >= 0.6 is 0 Å². The van der Waals surface area contributed by atoms with E-state index in [0.29, 0.717) is 11.7 Å². The van der Waals surface area contributed by atoms with Crippen molar-refractivity contribution in [1.82, 2.24) is 20.1 Å². The number of benzene rings is 2. The maximum Gasteiger partial charge on any atom is 0.227 e. The van der Waals surface area contributed by atoms with Crippen molar-refractivity contribution in [2.45, 2.75) is 0 Å². The molecule has 3 heterocycles. The van der Waals surface area contributed by atoms with Gasteiger partial charge >= 0.3 is 0 Å². The molecule has 1 N–H and O–H groups in total. The van der Waals surface area contributed by atoms with Gasteiger partial charge in [0.25, 0.3) is 0 Å². The number of fused-ring (bicyclic) bond motifs is 1. The first-order valence-electron chi connectivity index (χ1n) is 8.82. The number of nitrogens with one attached hydrogen (secondary N) is 1. The summed E-state index contributed by atoms with van der Waals surface area (Å²) in [4.78, 5) is 13.1. The quantitative estimate of drug-likeness (QED) is 0.478. The van der Waals surface area contributed by atoms with Gasteiger partial charge in [-0.15, -0.1) is 0 Å². The van der Waals surface area contributed by atoms with Gasteiger partial charge in [-0.25, -0.2) is 9.97 Å². The first-order valence-corrected chi connectivity index (χ1v) is 8.82. The fraction of sp³-hybridized carbons (Fsp3) is 0. The molecule has 3 aromatic heterocycles. The van der Waals surface area contributed by atoms with E-state index in [1.807, 2.05) is 66.7 Å². The first-order chi connectivity index (χ1) is 13.9. The van der Waals surface area contributed by atoms with Crippen LogP contribution < -0.4 is 5.32 Å². The number of hydrogen-bond donors (Lipinski definition) is 1. The summed E-state index contributed by atoms with van der Waals surface area (Å²) in [6.07, 6.45) is 5.24. The Balaban J connectivity index is 1.54. The van der Waals surface area contributed by atoms with E-state index in [4.69, 9.17) is 4.52 Å². The topological polar surface area (TPSA) is 76.7 Å². The molecular formula is C22H15N5O. The Morgan fingerprint density at radius 3 is 2.61 bits per heavy atom. The fourth-order valence-electron chi connectivity index (χ4n) is 3.04. The molecule has 0 saturated heterocycles. The highest BCUT2D eigenvalue weighted by atomic mass is 16.5. The average Bonchev–Trinajstić information content (AvgIpc) is 3.19. The summed E-state index contributed by atoms with van der Waals surface area (Å²) in [6.45, 7) is 0. The van der Waals surface area contributed by atoms with Crippen LogP contribution in [0.3, 0.4) is 0 Å². The molecule has 0 spiro atoms. The third-order valence-corrected chi connectivity index (χ3v) is 4.38. The molecule has 0 unspecified atom stereocenters. The molecular weight excluding hydrogens is 350 g/mol. The highest BCUT2D eigenvalue weighted by molar-refractivity contribution is 5.94. The number of nitrogens with zero attached hydrogens (tertiary/aromatic N) is 4. The second kappa shape index (κ2) is 6.92. The average molecular weight is 365 g/mol. The van der Waals surface area contributed by atoms with Crippen molar-refractivity contribution in [2.24, 2.45) is 0 Å². The molecule has 134 valence electrons. The lowest BCUT2D eigenvalue weighted by Crippen LogP contribution is -1.97. The van der Waals surface area contributed by atoms with E-state index >= 15 is 0 Å². The summed E-state index contributed by atoms with van der Waals surface area (Å²) < 4.78 is 5.56. The van der Waals surface area contributed by atoms with Gasteiger partial charge in [-0.05, 0) is 42.5 Å². The molecule has 0 fully saturated rings. The molecule has 0 aliphatic carbocycles. The monoisotopic (exact) mass is 365 g/mol. The second-order valence-corrected chi connectivity index (χ2v) is 6.24. The summed E-state index contributed by atoms with van der Waals surface area (Å²) in [7, 11) is 0. The van der Waals surface area contributed by atoms with Crippen molar-refractivity contribution < 1.29 is 4.52 Å². The first kappa shape index (κ1) is 16.1. The standard InChI is InChI=1S/C22H15N5O/c1-2-6-17(7-3-1)25-22-24-12-10-19(26-22)15-8-9-20-18(13-15)21(28-27-20)16-5-4-11-23-14-16/h1-14H,(H,24,25,26). The van der Waals surface area contributed by atoms with E-state index in [-0.39, 0.29) is 0 Å². The maximum absolute atomic E-state index is 5.56. The van der Waals surface area contributed by atoms with Crippen LogP contribution in [0, 0.1) is 0 Å². The molecule has 2 aromatic carbocycles. The van der Waals surface area contributed by atoms with Crippen LogP contribution in [0.1, 0.15) is 0 Å². The van der Waals surface area contributed by atoms with E-state index < -0.39 is 0 Å². The fourth-order valence-corrected chi connectivity index (χ4v) is 3.04. The van der Waals surface area contributed by atoms with E-state index in [1.165, 1.54) is 0 Å². The smallest absolute Gasteiger partial charge is 0.227 e. The largest absolute Gasteiger partial charge is 0.355 e. The molecule has 0 saturated carbocycles. The summed E-state index contributed by atoms with van der Waals surface area (Å²) in [6, 6.07) is 21.5. The SMILES string of the molecule is c1ccc(Nc2nccc(-c3ccc4noc(-c5cccnc5)c4c3)n2)cc1. The van der Waals surface area contributed by atoms with Crippen molar-refractivity contribution in [3.05, 3.63) is 85.3 Å². The number of hydrogen-bond acceptors (Lipinski definition) is 6. The van der Waals surface area contributed by atoms with Gasteiger partial charge in [-0.2, -0.15) is 0 Å². The summed E-state index contributed by atoms with van der Waals surface area (Å²) in [5, 5.41) is 8.30. The van der Waals surface area contributed by atoms with Crippen LogP contribution in [0.25, 0.3) is 33.5 Å². The van der Waals surface area contributed by atoms with Gasteiger partial charge in [0.15, 0.2) is 5.76 Å². The summed E-state index contributed by atoms with van der Waals surface area (Å²) >= 11 is 0. The third kappa shape index (κ3) is 3.07. The molecule has 5 aromatic rings. The highest BCUT2D eigenvalue weighted by Gasteiger charge is 2.13. The van der Waals surface area contributed by atoms with Crippen LogP contribution in [-0.4, -0.2) is 20.1 Å². The number of para-hydroxylation sites is 1. The Morgan fingerprint density at radius 2 is 1.75 bits per heavy atom. The second-order valence-electron chi connectivity index (χ2n) is 6.24. The van der Waals surface area contributed by atoms with Gasteiger partial charge in [-0.3, -0.25) is 4.98 Å². The third-order valence-electron chi connectivity index (χ3n) is 4.38. The summed E-state index contributed by atoms with van der Waals surface area (Å²) in [5.41, 5.74) is 4.39. The predicted molar refractivity (Wildman–Crippen MR) is 108 cm³/mol. The molecule has 6 nitrogen and oxygen atoms in total. The van der Waals surface area contributed by atoms with Gasteiger partial charge in [0, 0.05) is 35.4 Å². The Bertz CT molecular complexity index is 1240. The predicted octanol–water partition coefficient (Wildman–Crippen LogP) is 5.09. The Hall–Kier alpha value is -4.06. The van der Waals surface area contributed by atoms with Crippen molar-refractivity contribution in [2.75, 3.05) is 5.32 Å². The minimum Gasteiger partial charge on any atom is -0.355 e. The van der Waals surface area contributed by atoms with Crippen molar-refractivity contribution >= 4 is 22.5 Å². The minimum atomic E-state index is 0.543. The van der Waals surface area contributed by atoms with E-state index in [1.54, 1.807) is 18.6 Å². The van der Waals surface area contributed by atoms with Gasteiger partial charge < -0.3 is 9.84 Å². The lowest BCUT2D eigenvalue weighted by atomic mass is 10.1. The Kier molecular flexibility index (Phi) is 3.99. The normalized spacial score (nSPS) is 10.9. The molecule has 0 bridgehead atoms. The van der Waals surface area contributed by atoms with Crippen LogP contribution in [-0.2, 0) is 0 Å². The van der Waals surface area contributed by atoms with Gasteiger partial charge in [0.05, 0.1) is 11.1 Å². The molecule has 0 amide bonds. The van der Waals surface area contributed by atoms with Crippen LogP contribution in [0.4, 0.5) is 11.6 Å². The molecule has 0 aliphatic heterocycles. The maximum atomic E-state index is 5.56. The molecule has 0 aliphatic rings. The Morgan fingerprint density at radius 1 is 0.821 bits per heavy atom. The zero-order valence-electron chi connectivity index (χ0n) is 14.8. The molecule has 0 atom stereocenters. The molecule has 5 rings (SSSR count). The van der Waals surface area contributed by atoms with Crippen LogP contribution in [0.5, 0.6) is 0 Å². The van der Waals surface area contributed by atoms with E-state index in [2.05, 4.69) is 25.4 Å². The highest BCUT2D eigenvalue weighted by Crippen LogP contribution is 2.31. The lowest BCUT2D eigenvalue weighted by Gasteiger charge is -2.06. The van der Waals surface area contributed by atoms with Gasteiger partial charge in [0.1, 0.15) is 5.52 Å². The van der Waals surface area contributed by atoms with Gasteiger partial charge in [-0.1, -0.05) is 29.4 Å². The zero-order chi connectivity index (χ0) is 18.8. The Labute approximate surface area is 160 Å². The molecule has 0 radical (unpaired) electrons. The zero-order valence-corrected chi connectivity index (χ0v) is 14.8. The van der Waals surface area contributed by atoms with E-state index in [0.717, 1.165) is 33.4 Å². The summed E-state index contributed by atoms with van der Waals surface area (Å²) in [5.74, 6) is 1.24. The molecule has 28 heavy (non-hydrogen) atoms. The van der Waals surface area contributed by atoms with Crippen LogP contribution in [0.2, 0.25) is 0 Å². The van der Waals surface area contributed by atoms with E-state index in [9.17, 15) is 0 Å².